The fraction of sp³-hybridized carbons (Fsp3) is 0.286. The predicted molar refractivity (Wildman–Crippen MR) is 73.2 cm³/mol. The van der Waals surface area contributed by atoms with Crippen LogP contribution >= 0.6 is 0 Å². The Labute approximate surface area is 117 Å². The van der Waals surface area contributed by atoms with Gasteiger partial charge in [0.05, 0.1) is 5.69 Å². The molecule has 0 radical (unpaired) electrons. The lowest BCUT2D eigenvalue weighted by molar-refractivity contribution is 0.0542. The Kier molecular flexibility index (Phi) is 4.60. The molecule has 2 aromatic rings. The number of carbonyl (C=O) groups is 1. The molecule has 0 amide bonds. The third-order valence-electron chi connectivity index (χ3n) is 2.81. The monoisotopic (exact) mass is 272 g/mol. The van der Waals surface area contributed by atoms with Crippen LogP contribution in [0.15, 0.2) is 37.1 Å². The molecule has 0 aliphatic rings. The number of carbonyl (C=O) groups excluding carboxylic acids is 1. The van der Waals surface area contributed by atoms with Crippen LogP contribution in [0.3, 0.4) is 0 Å². The van der Waals surface area contributed by atoms with Gasteiger partial charge >= 0.3 is 5.97 Å². The summed E-state index contributed by atoms with van der Waals surface area (Å²) in [5.41, 5.74) is 1.90. The smallest absolute Gasteiger partial charge is 0.361 e. The lowest BCUT2D eigenvalue weighted by atomic mass is 10.2. The summed E-state index contributed by atoms with van der Waals surface area (Å²) in [5.74, 6) is -0.480. The van der Waals surface area contributed by atoms with Crippen molar-refractivity contribution in [1.82, 2.24) is 20.0 Å². The van der Waals surface area contributed by atoms with Crippen molar-refractivity contribution in [3.8, 4) is 0 Å². The van der Waals surface area contributed by atoms with E-state index in [1.165, 1.54) is 6.08 Å². The molecule has 6 heteroatoms. The summed E-state index contributed by atoms with van der Waals surface area (Å²) in [6.45, 7) is 6.07. The van der Waals surface area contributed by atoms with E-state index in [0.717, 1.165) is 12.1 Å². The minimum atomic E-state index is -0.480. The SMILES string of the molecule is C=CCOC(=O)c1nnn(CCc2ccccn2)c1C. The van der Waals surface area contributed by atoms with Crippen molar-refractivity contribution in [2.75, 3.05) is 6.61 Å². The van der Waals surface area contributed by atoms with Gasteiger partial charge in [0.15, 0.2) is 5.69 Å². The van der Waals surface area contributed by atoms with Crippen LogP contribution < -0.4 is 0 Å². The third kappa shape index (κ3) is 3.28. The first kappa shape index (κ1) is 13.9. The Hall–Kier alpha value is -2.50. The van der Waals surface area contributed by atoms with Gasteiger partial charge < -0.3 is 4.74 Å². The van der Waals surface area contributed by atoms with Gasteiger partial charge in [-0.2, -0.15) is 0 Å². The summed E-state index contributed by atoms with van der Waals surface area (Å²) >= 11 is 0. The minimum Gasteiger partial charge on any atom is -0.457 e. The molecule has 6 nitrogen and oxygen atoms in total. The summed E-state index contributed by atoms with van der Waals surface area (Å²) in [5, 5.41) is 7.84. The van der Waals surface area contributed by atoms with Crippen LogP contribution in [0.25, 0.3) is 0 Å². The van der Waals surface area contributed by atoms with Crippen LogP contribution in [-0.2, 0) is 17.7 Å². The van der Waals surface area contributed by atoms with Crippen LogP contribution in [0.1, 0.15) is 21.9 Å². The van der Waals surface area contributed by atoms with Gasteiger partial charge in [-0.25, -0.2) is 9.48 Å². The summed E-state index contributed by atoms with van der Waals surface area (Å²) in [6, 6.07) is 5.76. The molecule has 2 rings (SSSR count). The van der Waals surface area contributed by atoms with Crippen molar-refractivity contribution in [1.29, 1.82) is 0 Å². The quantitative estimate of drug-likeness (QED) is 0.589. The molecule has 0 N–H and O–H groups in total. The van der Waals surface area contributed by atoms with Gasteiger partial charge in [0, 0.05) is 24.9 Å². The number of hydrogen-bond donors (Lipinski definition) is 0. The highest BCUT2D eigenvalue weighted by molar-refractivity contribution is 5.88. The molecule has 0 saturated carbocycles. The molecule has 0 bridgehead atoms. The first-order valence-electron chi connectivity index (χ1n) is 6.30. The number of esters is 1. The molecule has 0 unspecified atom stereocenters. The van der Waals surface area contributed by atoms with E-state index in [2.05, 4.69) is 21.9 Å². The maximum absolute atomic E-state index is 11.7. The van der Waals surface area contributed by atoms with Gasteiger partial charge in [-0.15, -0.1) is 5.10 Å². The molecule has 2 aromatic heterocycles. The van der Waals surface area contributed by atoms with Gasteiger partial charge in [-0.3, -0.25) is 4.98 Å². The van der Waals surface area contributed by atoms with Crippen molar-refractivity contribution >= 4 is 5.97 Å². The van der Waals surface area contributed by atoms with Crippen LogP contribution in [0, 0.1) is 6.92 Å². The topological polar surface area (TPSA) is 69.9 Å². The minimum absolute atomic E-state index is 0.166. The molecule has 0 spiro atoms. The lowest BCUT2D eigenvalue weighted by Crippen LogP contribution is -2.09. The second kappa shape index (κ2) is 6.60. The van der Waals surface area contributed by atoms with Crippen molar-refractivity contribution < 1.29 is 9.53 Å². The third-order valence-corrected chi connectivity index (χ3v) is 2.81. The number of ether oxygens (including phenoxy) is 1. The maximum Gasteiger partial charge on any atom is 0.361 e. The molecule has 0 aromatic carbocycles. The fourth-order valence-corrected chi connectivity index (χ4v) is 1.73. The number of rotatable bonds is 6. The van der Waals surface area contributed by atoms with Crippen molar-refractivity contribution in [2.45, 2.75) is 19.9 Å². The van der Waals surface area contributed by atoms with E-state index in [4.69, 9.17) is 4.74 Å². The highest BCUT2D eigenvalue weighted by Gasteiger charge is 2.17. The van der Waals surface area contributed by atoms with Gasteiger partial charge in [0.2, 0.25) is 0 Å². The molecule has 0 fully saturated rings. The van der Waals surface area contributed by atoms with Crippen LogP contribution in [0.2, 0.25) is 0 Å². The summed E-state index contributed by atoms with van der Waals surface area (Å²) in [7, 11) is 0. The van der Waals surface area contributed by atoms with Crippen molar-refractivity contribution in [2.24, 2.45) is 0 Å². The maximum atomic E-state index is 11.7. The van der Waals surface area contributed by atoms with Crippen LogP contribution in [0.5, 0.6) is 0 Å². The number of aryl methyl sites for hydroxylation is 2. The Morgan fingerprint density at radius 3 is 3.05 bits per heavy atom. The van der Waals surface area contributed by atoms with Crippen LogP contribution in [0.4, 0.5) is 0 Å². The largest absolute Gasteiger partial charge is 0.457 e. The molecule has 104 valence electrons. The Morgan fingerprint density at radius 1 is 1.50 bits per heavy atom. The van der Waals surface area contributed by atoms with E-state index in [1.807, 2.05) is 18.2 Å². The standard InChI is InChI=1S/C14H16N4O2/c1-3-10-20-14(19)13-11(2)18(17-16-13)9-7-12-6-4-5-8-15-12/h3-6,8H,1,7,9-10H2,2H3. The second-order valence-corrected chi connectivity index (χ2v) is 4.20. The van der Waals surface area contributed by atoms with Gasteiger partial charge in [-0.1, -0.05) is 23.9 Å². The van der Waals surface area contributed by atoms with E-state index in [-0.39, 0.29) is 12.3 Å². The number of hydrogen-bond acceptors (Lipinski definition) is 5. The van der Waals surface area contributed by atoms with Crippen molar-refractivity contribution in [3.63, 3.8) is 0 Å². The summed E-state index contributed by atoms with van der Waals surface area (Å²) in [6.07, 6.45) is 3.99. The van der Waals surface area contributed by atoms with E-state index >= 15 is 0 Å². The first-order valence-corrected chi connectivity index (χ1v) is 6.30. The second-order valence-electron chi connectivity index (χ2n) is 4.20. The zero-order valence-electron chi connectivity index (χ0n) is 11.3. The van der Waals surface area contributed by atoms with Gasteiger partial charge in [0.25, 0.3) is 0 Å². The number of nitrogens with zero attached hydrogens (tertiary/aromatic N) is 4. The van der Waals surface area contributed by atoms with Crippen LogP contribution in [-0.4, -0.2) is 32.6 Å². The van der Waals surface area contributed by atoms with Gasteiger partial charge in [0.1, 0.15) is 6.61 Å². The average Bonchev–Trinajstić information content (AvgIpc) is 2.85. The highest BCUT2D eigenvalue weighted by atomic mass is 16.5. The molecular formula is C14H16N4O2. The summed E-state index contributed by atoms with van der Waals surface area (Å²) in [4.78, 5) is 16.0. The average molecular weight is 272 g/mol. The highest BCUT2D eigenvalue weighted by Crippen LogP contribution is 2.07. The summed E-state index contributed by atoms with van der Waals surface area (Å²) < 4.78 is 6.63. The number of aromatic nitrogens is 4. The Bertz CT molecular complexity index is 592. The predicted octanol–water partition coefficient (Wildman–Crippen LogP) is 1.57. The molecule has 0 saturated heterocycles. The first-order chi connectivity index (χ1) is 9.72. The van der Waals surface area contributed by atoms with E-state index in [0.29, 0.717) is 12.2 Å². The van der Waals surface area contributed by atoms with E-state index < -0.39 is 5.97 Å². The number of pyridine rings is 1. The zero-order chi connectivity index (χ0) is 14.4. The molecule has 0 aliphatic carbocycles. The zero-order valence-corrected chi connectivity index (χ0v) is 11.3. The molecule has 0 aliphatic heterocycles. The Balaban J connectivity index is 2.01. The van der Waals surface area contributed by atoms with Crippen molar-refractivity contribution in [3.05, 3.63) is 54.1 Å². The van der Waals surface area contributed by atoms with Gasteiger partial charge in [-0.05, 0) is 19.1 Å². The fourth-order valence-electron chi connectivity index (χ4n) is 1.73. The normalized spacial score (nSPS) is 10.2. The molecular weight excluding hydrogens is 256 g/mol. The molecule has 2 heterocycles. The Morgan fingerprint density at radius 2 is 2.35 bits per heavy atom. The molecule has 0 atom stereocenters. The lowest BCUT2D eigenvalue weighted by Gasteiger charge is -2.03. The van der Waals surface area contributed by atoms with E-state index in [1.54, 1.807) is 17.8 Å². The molecule has 20 heavy (non-hydrogen) atoms. The van der Waals surface area contributed by atoms with E-state index in [9.17, 15) is 4.79 Å².